The molecule has 1 aliphatic carbocycles. The number of thiophene rings is 1. The predicted octanol–water partition coefficient (Wildman–Crippen LogP) is 4.18. The lowest BCUT2D eigenvalue weighted by Crippen LogP contribution is -2.49. The van der Waals surface area contributed by atoms with E-state index in [9.17, 15) is 4.79 Å². The standard InChI is InChI=1S/C17H18ClNOS/c18-14-6-4-13(5-7-14)17(9-2-10-17)16(20)19-11-8-15-3-1-12-21-15/h1,3-7,12H,2,8-11H2,(H,19,20). The Bertz CT molecular complexity index is 602. The molecule has 1 saturated carbocycles. The van der Waals surface area contributed by atoms with Crippen LogP contribution >= 0.6 is 22.9 Å². The van der Waals surface area contributed by atoms with E-state index in [2.05, 4.69) is 16.8 Å². The summed E-state index contributed by atoms with van der Waals surface area (Å²) in [5.41, 5.74) is 0.756. The zero-order valence-corrected chi connectivity index (χ0v) is 13.3. The zero-order valence-electron chi connectivity index (χ0n) is 11.8. The van der Waals surface area contributed by atoms with Crippen LogP contribution in [0.1, 0.15) is 29.7 Å². The molecule has 1 aliphatic rings. The van der Waals surface area contributed by atoms with Crippen molar-refractivity contribution in [2.24, 2.45) is 0 Å². The van der Waals surface area contributed by atoms with E-state index in [1.807, 2.05) is 30.3 Å². The summed E-state index contributed by atoms with van der Waals surface area (Å²) in [7, 11) is 0. The molecular weight excluding hydrogens is 302 g/mol. The van der Waals surface area contributed by atoms with E-state index in [1.165, 1.54) is 4.88 Å². The van der Waals surface area contributed by atoms with Crippen LogP contribution in [-0.4, -0.2) is 12.5 Å². The molecule has 1 fully saturated rings. The lowest BCUT2D eigenvalue weighted by atomic mass is 9.64. The van der Waals surface area contributed by atoms with Gasteiger partial charge in [-0.2, -0.15) is 0 Å². The van der Waals surface area contributed by atoms with Gasteiger partial charge in [-0.15, -0.1) is 11.3 Å². The second kappa shape index (κ2) is 6.20. The highest BCUT2D eigenvalue weighted by Crippen LogP contribution is 2.44. The summed E-state index contributed by atoms with van der Waals surface area (Å²) in [5.74, 6) is 0.160. The minimum Gasteiger partial charge on any atom is -0.355 e. The number of carbonyl (C=O) groups is 1. The van der Waals surface area contributed by atoms with E-state index in [0.717, 1.165) is 31.2 Å². The summed E-state index contributed by atoms with van der Waals surface area (Å²) < 4.78 is 0. The molecule has 1 amide bonds. The smallest absolute Gasteiger partial charge is 0.230 e. The molecule has 1 N–H and O–H groups in total. The van der Waals surface area contributed by atoms with Crippen LogP contribution in [0.4, 0.5) is 0 Å². The SMILES string of the molecule is O=C(NCCc1cccs1)C1(c2ccc(Cl)cc2)CCC1. The maximum Gasteiger partial charge on any atom is 0.230 e. The Morgan fingerprint density at radius 2 is 2.00 bits per heavy atom. The Morgan fingerprint density at radius 3 is 2.57 bits per heavy atom. The van der Waals surface area contributed by atoms with Crippen molar-refractivity contribution in [1.29, 1.82) is 0 Å². The topological polar surface area (TPSA) is 29.1 Å². The van der Waals surface area contributed by atoms with E-state index in [0.29, 0.717) is 11.6 Å². The van der Waals surface area contributed by atoms with Crippen molar-refractivity contribution in [3.8, 4) is 0 Å². The summed E-state index contributed by atoms with van der Waals surface area (Å²) in [4.78, 5) is 13.9. The summed E-state index contributed by atoms with van der Waals surface area (Å²) in [6, 6.07) is 11.9. The maximum absolute atomic E-state index is 12.6. The molecule has 0 spiro atoms. The highest BCUT2D eigenvalue weighted by molar-refractivity contribution is 7.09. The molecule has 3 rings (SSSR count). The molecule has 110 valence electrons. The summed E-state index contributed by atoms with van der Waals surface area (Å²) >= 11 is 7.68. The first-order valence-corrected chi connectivity index (χ1v) is 8.53. The molecule has 0 aliphatic heterocycles. The number of hydrogen-bond donors (Lipinski definition) is 1. The Balaban J connectivity index is 1.65. The number of amides is 1. The van der Waals surface area contributed by atoms with Crippen LogP contribution in [-0.2, 0) is 16.6 Å². The second-order valence-corrected chi connectivity index (χ2v) is 7.00. The van der Waals surface area contributed by atoms with E-state index < -0.39 is 0 Å². The van der Waals surface area contributed by atoms with E-state index in [1.54, 1.807) is 11.3 Å². The van der Waals surface area contributed by atoms with Gasteiger partial charge in [0.15, 0.2) is 0 Å². The first kappa shape index (κ1) is 14.6. The molecule has 4 heteroatoms. The van der Waals surface area contributed by atoms with Crippen LogP contribution in [0.25, 0.3) is 0 Å². The minimum absolute atomic E-state index is 0.160. The Labute approximate surface area is 134 Å². The van der Waals surface area contributed by atoms with E-state index in [4.69, 9.17) is 11.6 Å². The fraction of sp³-hybridized carbons (Fsp3) is 0.353. The van der Waals surface area contributed by atoms with Crippen molar-refractivity contribution in [2.45, 2.75) is 31.1 Å². The minimum atomic E-state index is -0.333. The molecular formula is C17H18ClNOS. The average Bonchev–Trinajstić information content (AvgIpc) is 2.93. The fourth-order valence-electron chi connectivity index (χ4n) is 2.87. The largest absolute Gasteiger partial charge is 0.355 e. The number of hydrogen-bond acceptors (Lipinski definition) is 2. The van der Waals surface area contributed by atoms with Gasteiger partial charge in [0.2, 0.25) is 5.91 Å². The molecule has 1 aromatic heterocycles. The molecule has 2 aromatic rings. The molecule has 0 unspecified atom stereocenters. The third kappa shape index (κ3) is 2.99. The monoisotopic (exact) mass is 319 g/mol. The number of halogens is 1. The van der Waals surface area contributed by atoms with Gasteiger partial charge >= 0.3 is 0 Å². The third-order valence-electron chi connectivity index (χ3n) is 4.28. The van der Waals surface area contributed by atoms with Gasteiger partial charge in [-0.25, -0.2) is 0 Å². The molecule has 1 aromatic carbocycles. The van der Waals surface area contributed by atoms with Crippen LogP contribution in [0.3, 0.4) is 0 Å². The van der Waals surface area contributed by atoms with Crippen LogP contribution < -0.4 is 5.32 Å². The molecule has 21 heavy (non-hydrogen) atoms. The van der Waals surface area contributed by atoms with Crippen LogP contribution in [0.5, 0.6) is 0 Å². The van der Waals surface area contributed by atoms with Gasteiger partial charge in [-0.1, -0.05) is 36.2 Å². The first-order chi connectivity index (χ1) is 10.2. The summed E-state index contributed by atoms with van der Waals surface area (Å²) in [5, 5.41) is 5.89. The number of nitrogens with one attached hydrogen (secondary N) is 1. The molecule has 0 radical (unpaired) electrons. The maximum atomic E-state index is 12.6. The summed E-state index contributed by atoms with van der Waals surface area (Å²) in [6.45, 7) is 0.703. The second-order valence-electron chi connectivity index (χ2n) is 5.53. The fourth-order valence-corrected chi connectivity index (χ4v) is 3.70. The van der Waals surface area contributed by atoms with Gasteiger partial charge in [-0.05, 0) is 48.4 Å². The molecule has 0 atom stereocenters. The Hall–Kier alpha value is -1.32. The zero-order chi connectivity index (χ0) is 14.7. The quantitative estimate of drug-likeness (QED) is 0.880. The van der Waals surface area contributed by atoms with E-state index >= 15 is 0 Å². The average molecular weight is 320 g/mol. The summed E-state index contributed by atoms with van der Waals surface area (Å²) in [6.07, 6.45) is 3.88. The molecule has 2 nitrogen and oxygen atoms in total. The third-order valence-corrected chi connectivity index (χ3v) is 5.46. The lowest BCUT2D eigenvalue weighted by molar-refractivity contribution is -0.129. The van der Waals surface area contributed by atoms with Crippen LogP contribution in [0.15, 0.2) is 41.8 Å². The van der Waals surface area contributed by atoms with Crippen molar-refractivity contribution in [2.75, 3.05) is 6.54 Å². The van der Waals surface area contributed by atoms with Crippen molar-refractivity contribution in [1.82, 2.24) is 5.32 Å². The van der Waals surface area contributed by atoms with Gasteiger partial charge in [0, 0.05) is 16.4 Å². The molecule has 1 heterocycles. The normalized spacial score (nSPS) is 16.2. The van der Waals surface area contributed by atoms with Gasteiger partial charge in [0.25, 0.3) is 0 Å². The Kier molecular flexibility index (Phi) is 4.32. The first-order valence-electron chi connectivity index (χ1n) is 7.27. The lowest BCUT2D eigenvalue weighted by Gasteiger charge is -2.40. The highest BCUT2D eigenvalue weighted by atomic mass is 35.5. The number of carbonyl (C=O) groups excluding carboxylic acids is 1. The van der Waals surface area contributed by atoms with Gasteiger partial charge in [-0.3, -0.25) is 4.79 Å². The van der Waals surface area contributed by atoms with Gasteiger partial charge < -0.3 is 5.32 Å². The predicted molar refractivity (Wildman–Crippen MR) is 88.0 cm³/mol. The van der Waals surface area contributed by atoms with Crippen molar-refractivity contribution >= 4 is 28.8 Å². The van der Waals surface area contributed by atoms with Crippen molar-refractivity contribution in [3.63, 3.8) is 0 Å². The van der Waals surface area contributed by atoms with Crippen LogP contribution in [0.2, 0.25) is 5.02 Å². The van der Waals surface area contributed by atoms with Crippen molar-refractivity contribution in [3.05, 3.63) is 57.2 Å². The molecule has 0 bridgehead atoms. The van der Waals surface area contributed by atoms with Crippen molar-refractivity contribution < 1.29 is 4.79 Å². The van der Waals surface area contributed by atoms with Gasteiger partial charge in [0.05, 0.1) is 5.41 Å². The highest BCUT2D eigenvalue weighted by Gasteiger charge is 2.45. The van der Waals surface area contributed by atoms with E-state index in [-0.39, 0.29) is 11.3 Å². The number of benzene rings is 1. The van der Waals surface area contributed by atoms with Crippen LogP contribution in [0, 0.1) is 0 Å². The van der Waals surface area contributed by atoms with Gasteiger partial charge in [0.1, 0.15) is 0 Å². The Morgan fingerprint density at radius 1 is 1.24 bits per heavy atom. The number of rotatable bonds is 5. The molecule has 0 saturated heterocycles.